The van der Waals surface area contributed by atoms with Crippen LogP contribution in [-0.2, 0) is 0 Å². The van der Waals surface area contributed by atoms with Crippen molar-refractivity contribution in [1.82, 2.24) is 15.2 Å². The number of nitrogens with zero attached hydrogens (tertiary/aromatic N) is 2. The average molecular weight is 195 g/mol. The number of para-hydroxylation sites is 1. The second-order valence-electron chi connectivity index (χ2n) is 2.44. The number of hydrogen-bond acceptors (Lipinski definition) is 3. The second-order valence-corrected chi connectivity index (χ2v) is 2.85. The Kier molecular flexibility index (Phi) is 2.14. The molecule has 1 aromatic heterocycles. The van der Waals surface area contributed by atoms with Gasteiger partial charge < -0.3 is 5.32 Å². The molecule has 2 rings (SSSR count). The van der Waals surface area contributed by atoms with E-state index in [1.54, 1.807) is 6.07 Å². The zero-order valence-corrected chi connectivity index (χ0v) is 7.42. The third-order valence-electron chi connectivity index (χ3n) is 1.54. The van der Waals surface area contributed by atoms with Crippen molar-refractivity contribution in [2.24, 2.45) is 0 Å². The number of aromatic amines is 1. The van der Waals surface area contributed by atoms with Crippen LogP contribution in [0.2, 0.25) is 5.02 Å². The normalized spacial score (nSPS) is 9.92. The zero-order valence-electron chi connectivity index (χ0n) is 6.66. The van der Waals surface area contributed by atoms with Crippen LogP contribution in [0.5, 0.6) is 0 Å². The third kappa shape index (κ3) is 1.78. The van der Waals surface area contributed by atoms with Crippen molar-refractivity contribution in [2.45, 2.75) is 0 Å². The number of halogens is 1. The Morgan fingerprint density at radius 3 is 2.85 bits per heavy atom. The summed E-state index contributed by atoms with van der Waals surface area (Å²) in [6.45, 7) is 0. The van der Waals surface area contributed by atoms with Crippen LogP contribution in [0.1, 0.15) is 0 Å². The number of nitrogens with one attached hydrogen (secondary N) is 2. The SMILES string of the molecule is Clc1ccccc1Nc1ncn[nH]1. The van der Waals surface area contributed by atoms with Crippen LogP contribution in [0.15, 0.2) is 30.6 Å². The fraction of sp³-hybridized carbons (Fsp3) is 0. The van der Waals surface area contributed by atoms with Gasteiger partial charge in [-0.15, -0.1) is 0 Å². The predicted molar refractivity (Wildman–Crippen MR) is 51.1 cm³/mol. The number of aromatic nitrogens is 3. The van der Waals surface area contributed by atoms with Gasteiger partial charge in [0.05, 0.1) is 10.7 Å². The molecule has 0 aliphatic rings. The number of benzene rings is 1. The topological polar surface area (TPSA) is 53.6 Å². The maximum absolute atomic E-state index is 5.92. The van der Waals surface area contributed by atoms with Crippen molar-refractivity contribution < 1.29 is 0 Å². The molecule has 66 valence electrons. The first kappa shape index (κ1) is 8.07. The van der Waals surface area contributed by atoms with E-state index in [1.165, 1.54) is 6.33 Å². The summed E-state index contributed by atoms with van der Waals surface area (Å²) in [4.78, 5) is 3.92. The van der Waals surface area contributed by atoms with Gasteiger partial charge in [0, 0.05) is 0 Å². The van der Waals surface area contributed by atoms with Gasteiger partial charge in [-0.2, -0.15) is 10.1 Å². The first-order chi connectivity index (χ1) is 6.36. The predicted octanol–water partition coefficient (Wildman–Crippen LogP) is 2.20. The van der Waals surface area contributed by atoms with E-state index in [4.69, 9.17) is 11.6 Å². The van der Waals surface area contributed by atoms with Crippen molar-refractivity contribution in [3.05, 3.63) is 35.6 Å². The zero-order chi connectivity index (χ0) is 9.10. The lowest BCUT2D eigenvalue weighted by Gasteiger charge is -2.03. The molecule has 5 heteroatoms. The Hall–Kier alpha value is -1.55. The Balaban J connectivity index is 2.24. The monoisotopic (exact) mass is 194 g/mol. The Bertz CT molecular complexity index is 385. The molecule has 0 aliphatic carbocycles. The summed E-state index contributed by atoms with van der Waals surface area (Å²) in [6.07, 6.45) is 1.43. The van der Waals surface area contributed by atoms with Crippen LogP contribution in [0.4, 0.5) is 11.6 Å². The third-order valence-corrected chi connectivity index (χ3v) is 1.87. The molecule has 0 fully saturated rings. The highest BCUT2D eigenvalue weighted by Gasteiger charge is 1.99. The smallest absolute Gasteiger partial charge is 0.222 e. The van der Waals surface area contributed by atoms with E-state index in [0.717, 1.165) is 5.69 Å². The average Bonchev–Trinajstić information content (AvgIpc) is 2.61. The van der Waals surface area contributed by atoms with Gasteiger partial charge in [-0.1, -0.05) is 23.7 Å². The summed E-state index contributed by atoms with van der Waals surface area (Å²) in [5, 5.41) is 10.0. The van der Waals surface area contributed by atoms with Gasteiger partial charge >= 0.3 is 0 Å². The molecule has 1 aromatic carbocycles. The fourth-order valence-corrected chi connectivity index (χ4v) is 1.14. The Morgan fingerprint density at radius 1 is 1.31 bits per heavy atom. The van der Waals surface area contributed by atoms with Crippen molar-refractivity contribution in [3.63, 3.8) is 0 Å². The summed E-state index contributed by atoms with van der Waals surface area (Å²) >= 11 is 5.92. The van der Waals surface area contributed by atoms with Crippen molar-refractivity contribution in [1.29, 1.82) is 0 Å². The molecule has 0 atom stereocenters. The standard InChI is InChI=1S/C8H7ClN4/c9-6-3-1-2-4-7(6)12-8-10-5-11-13-8/h1-5H,(H2,10,11,12,13). The first-order valence-electron chi connectivity index (χ1n) is 3.73. The molecule has 1 heterocycles. The highest BCUT2D eigenvalue weighted by atomic mass is 35.5. The summed E-state index contributed by atoms with van der Waals surface area (Å²) in [6, 6.07) is 7.43. The van der Waals surface area contributed by atoms with Crippen LogP contribution in [0, 0.1) is 0 Å². The molecule has 4 nitrogen and oxygen atoms in total. The van der Waals surface area contributed by atoms with Gasteiger partial charge in [0.2, 0.25) is 5.95 Å². The van der Waals surface area contributed by atoms with E-state index in [9.17, 15) is 0 Å². The molecule has 13 heavy (non-hydrogen) atoms. The second kappa shape index (κ2) is 3.45. The van der Waals surface area contributed by atoms with E-state index in [1.807, 2.05) is 18.2 Å². The number of anilines is 2. The lowest BCUT2D eigenvalue weighted by Crippen LogP contribution is -1.92. The van der Waals surface area contributed by atoms with Crippen molar-refractivity contribution in [2.75, 3.05) is 5.32 Å². The number of hydrogen-bond donors (Lipinski definition) is 2. The largest absolute Gasteiger partial charge is 0.323 e. The van der Waals surface area contributed by atoms with E-state index >= 15 is 0 Å². The summed E-state index contributed by atoms with van der Waals surface area (Å²) in [5.74, 6) is 0.577. The van der Waals surface area contributed by atoms with Crippen LogP contribution >= 0.6 is 11.6 Å². The first-order valence-corrected chi connectivity index (χ1v) is 4.11. The molecule has 2 aromatic rings. The maximum atomic E-state index is 5.92. The van der Waals surface area contributed by atoms with Crippen LogP contribution in [-0.4, -0.2) is 15.2 Å². The molecule has 0 amide bonds. The molecule has 0 aliphatic heterocycles. The lowest BCUT2D eigenvalue weighted by atomic mass is 10.3. The molecule has 0 radical (unpaired) electrons. The lowest BCUT2D eigenvalue weighted by molar-refractivity contribution is 1.09. The molecular formula is C8H7ClN4. The summed E-state index contributed by atoms with van der Waals surface area (Å²) in [5.41, 5.74) is 0.806. The molecule has 0 saturated carbocycles. The molecule has 0 spiro atoms. The van der Waals surface area contributed by atoms with Crippen molar-refractivity contribution in [3.8, 4) is 0 Å². The van der Waals surface area contributed by atoms with Gasteiger partial charge in [0.15, 0.2) is 0 Å². The molecule has 0 bridgehead atoms. The van der Waals surface area contributed by atoms with Gasteiger partial charge in [-0.25, -0.2) is 5.10 Å². The minimum Gasteiger partial charge on any atom is -0.323 e. The molecule has 0 unspecified atom stereocenters. The van der Waals surface area contributed by atoms with Gasteiger partial charge in [0.25, 0.3) is 0 Å². The minimum atomic E-state index is 0.577. The van der Waals surface area contributed by atoms with Crippen LogP contribution in [0.3, 0.4) is 0 Å². The Morgan fingerprint density at radius 2 is 2.15 bits per heavy atom. The number of rotatable bonds is 2. The Labute approximate surface area is 80.0 Å². The maximum Gasteiger partial charge on any atom is 0.222 e. The molecular weight excluding hydrogens is 188 g/mol. The minimum absolute atomic E-state index is 0.577. The van der Waals surface area contributed by atoms with Gasteiger partial charge in [-0.3, -0.25) is 0 Å². The van der Waals surface area contributed by atoms with Gasteiger partial charge in [0.1, 0.15) is 6.33 Å². The van der Waals surface area contributed by atoms with Gasteiger partial charge in [-0.05, 0) is 12.1 Å². The highest BCUT2D eigenvalue weighted by Crippen LogP contribution is 2.22. The van der Waals surface area contributed by atoms with E-state index < -0.39 is 0 Å². The summed E-state index contributed by atoms with van der Waals surface area (Å²) < 4.78 is 0. The number of H-pyrrole nitrogens is 1. The van der Waals surface area contributed by atoms with Crippen LogP contribution < -0.4 is 5.32 Å². The molecule has 0 saturated heterocycles. The van der Waals surface area contributed by atoms with E-state index in [2.05, 4.69) is 20.5 Å². The van der Waals surface area contributed by atoms with Crippen molar-refractivity contribution >= 4 is 23.2 Å². The van der Waals surface area contributed by atoms with Crippen LogP contribution in [0.25, 0.3) is 0 Å². The molecule has 2 N–H and O–H groups in total. The van der Waals surface area contributed by atoms with E-state index in [0.29, 0.717) is 11.0 Å². The quantitative estimate of drug-likeness (QED) is 0.771. The summed E-state index contributed by atoms with van der Waals surface area (Å²) in [7, 11) is 0. The van der Waals surface area contributed by atoms with E-state index in [-0.39, 0.29) is 0 Å². The highest BCUT2D eigenvalue weighted by molar-refractivity contribution is 6.33. The fourth-order valence-electron chi connectivity index (χ4n) is 0.956.